The Morgan fingerprint density at radius 2 is 0.714 bits per heavy atom. The molecular weight excluding hydrogens is 1120 g/mol. The van der Waals surface area contributed by atoms with Crippen LogP contribution in [0.1, 0.15) is 43.7 Å². The first-order valence-corrected chi connectivity index (χ1v) is 33.1. The van der Waals surface area contributed by atoms with Gasteiger partial charge in [-0.3, -0.25) is 0 Å². The van der Waals surface area contributed by atoms with Gasteiger partial charge < -0.3 is 18.1 Å². The van der Waals surface area contributed by atoms with E-state index in [2.05, 4.69) is 0 Å². The zero-order chi connectivity index (χ0) is 58.1. The van der Waals surface area contributed by atoms with Crippen LogP contribution in [0.4, 0.5) is 0 Å². The summed E-state index contributed by atoms with van der Waals surface area (Å²) < 4.78 is 96.0. The van der Waals surface area contributed by atoms with Crippen molar-refractivity contribution in [3.8, 4) is 67.5 Å². The average molecular weight is 1190 g/mol. The van der Waals surface area contributed by atoms with Crippen LogP contribution in [0.25, 0.3) is 44.5 Å². The Morgan fingerprint density at radius 3 is 1.07 bits per heavy atom. The van der Waals surface area contributed by atoms with Gasteiger partial charge in [0.2, 0.25) is 0 Å². The molecule has 0 heterocycles. The Morgan fingerprint density at radius 1 is 0.405 bits per heavy atom. The predicted octanol–water partition coefficient (Wildman–Crippen LogP) is 18.4. The van der Waals surface area contributed by atoms with Crippen LogP contribution in [-0.2, 0) is 20.0 Å². The second-order valence-corrected chi connectivity index (χ2v) is 28.1. The average Bonchev–Trinajstić information content (AvgIpc) is 2.66. The van der Waals surface area contributed by atoms with Crippen LogP contribution in [-0.4, -0.2) is 37.6 Å². The molecule has 10 nitrogen and oxygen atoms in total. The second-order valence-electron chi connectivity index (χ2n) is 21.2. The molecule has 1 saturated carbocycles. The quantitative estimate of drug-likeness (QED) is 0.0654. The van der Waals surface area contributed by atoms with Crippen LogP contribution in [0.2, 0.25) is 0 Å². The number of para-hydroxylation sites is 4. The van der Waals surface area contributed by atoms with Crippen molar-refractivity contribution in [3.05, 3.63) is 278 Å². The minimum absolute atomic E-state index is 0.0551. The SMILES string of the molecule is Cc1ccc(S(=O)(=O)N(CC2(C)CCCC(N(P(Oc3ccccc3-c3ccccc3)Oc3ccccc3-c3ccccc3)S(=O)(=O)c3ccc(C)cc3)C2)P(Oc2ccccc2-c2ccccc2)Oc2ccccc2-c2ccccc2)cc1. The molecule has 1 fully saturated rings. The first-order valence-electron chi connectivity index (χ1n) is 27.9. The normalized spacial score (nSPS) is 15.5. The lowest BCUT2D eigenvalue weighted by Gasteiger charge is -2.45. The summed E-state index contributed by atoms with van der Waals surface area (Å²) in [6.07, 6.45) is 1.65. The zero-order valence-corrected chi connectivity index (χ0v) is 50.3. The number of hydrogen-bond donors (Lipinski definition) is 0. The van der Waals surface area contributed by atoms with Crippen molar-refractivity contribution in [2.75, 3.05) is 6.54 Å². The summed E-state index contributed by atoms with van der Waals surface area (Å²) in [5.74, 6) is 1.70. The lowest BCUT2D eigenvalue weighted by Crippen LogP contribution is -2.47. The van der Waals surface area contributed by atoms with Crippen LogP contribution in [0.3, 0.4) is 0 Å². The van der Waals surface area contributed by atoms with Crippen LogP contribution in [0.5, 0.6) is 23.0 Å². The van der Waals surface area contributed by atoms with Gasteiger partial charge in [0.05, 0.1) is 9.79 Å². The summed E-state index contributed by atoms with van der Waals surface area (Å²) >= 11 is 0. The van der Waals surface area contributed by atoms with E-state index in [9.17, 15) is 0 Å². The van der Waals surface area contributed by atoms with Gasteiger partial charge >= 0.3 is 17.1 Å². The molecule has 1 aliphatic rings. The van der Waals surface area contributed by atoms with Gasteiger partial charge in [-0.15, -0.1) is 8.15 Å². The maximum absolute atomic E-state index is 16.1. The molecule has 0 saturated heterocycles. The molecule has 84 heavy (non-hydrogen) atoms. The largest absolute Gasteiger partial charge is 0.426 e. The molecule has 0 N–H and O–H groups in total. The fourth-order valence-corrected chi connectivity index (χ4v) is 18.1. The molecule has 11 rings (SSSR count). The molecule has 0 aromatic heterocycles. The van der Waals surface area contributed by atoms with Crippen LogP contribution < -0.4 is 18.1 Å². The summed E-state index contributed by atoms with van der Waals surface area (Å²) in [6.45, 7) is 5.74. The molecule has 2 atom stereocenters. The molecule has 424 valence electrons. The maximum Gasteiger partial charge on any atom is 0.399 e. The Labute approximate surface area is 497 Å². The van der Waals surface area contributed by atoms with Crippen molar-refractivity contribution >= 4 is 37.1 Å². The minimum atomic E-state index is -4.49. The third-order valence-corrected chi connectivity index (χ3v) is 22.8. The number of benzene rings is 10. The molecule has 10 aromatic carbocycles. The number of rotatable bonds is 21. The monoisotopic (exact) mass is 1190 g/mol. The first-order chi connectivity index (χ1) is 40.8. The lowest BCUT2D eigenvalue weighted by molar-refractivity contribution is 0.142. The van der Waals surface area contributed by atoms with Gasteiger partial charge in [-0.25, -0.2) is 16.8 Å². The van der Waals surface area contributed by atoms with E-state index in [0.29, 0.717) is 42.3 Å². The summed E-state index contributed by atoms with van der Waals surface area (Å²) in [5, 5.41) is 0. The van der Waals surface area contributed by atoms with Crippen molar-refractivity contribution < 1.29 is 34.9 Å². The minimum Gasteiger partial charge on any atom is -0.426 e. The van der Waals surface area contributed by atoms with Crippen LogP contribution in [0, 0.1) is 19.3 Å². The van der Waals surface area contributed by atoms with Crippen LogP contribution >= 0.6 is 17.1 Å². The highest BCUT2D eigenvalue weighted by atomic mass is 32.2. The fourth-order valence-electron chi connectivity index (χ4n) is 10.6. The molecule has 14 heteroatoms. The molecule has 0 spiro atoms. The Balaban J connectivity index is 1.06. The van der Waals surface area contributed by atoms with Gasteiger partial charge in [0.15, 0.2) is 0 Å². The summed E-state index contributed by atoms with van der Waals surface area (Å²) in [5.41, 5.74) is 7.33. The highest BCUT2D eigenvalue weighted by Crippen LogP contribution is 2.57. The second kappa shape index (κ2) is 25.9. The van der Waals surface area contributed by atoms with E-state index in [4.69, 9.17) is 18.1 Å². The van der Waals surface area contributed by atoms with Crippen molar-refractivity contribution in [1.29, 1.82) is 0 Å². The number of aryl methyl sites for hydroxylation is 2. The topological polar surface area (TPSA) is 112 Å². The molecule has 10 aromatic rings. The van der Waals surface area contributed by atoms with Gasteiger partial charge in [-0.05, 0) is 109 Å². The molecule has 0 bridgehead atoms. The Hall–Kier alpha value is -7.92. The fraction of sp³-hybridized carbons (Fsp3) is 0.143. The summed E-state index contributed by atoms with van der Waals surface area (Å²) in [7, 11) is -14.2. The Kier molecular flexibility index (Phi) is 17.9. The van der Waals surface area contributed by atoms with E-state index in [-0.39, 0.29) is 22.8 Å². The summed E-state index contributed by atoms with van der Waals surface area (Å²) in [6, 6.07) is 82.4. The van der Waals surface area contributed by atoms with E-state index >= 15 is 16.8 Å². The molecular formula is C70H64N2O8P2S2. The molecule has 0 amide bonds. The number of nitrogens with zero attached hydrogens (tertiary/aromatic N) is 2. The Bertz CT molecular complexity index is 3890. The van der Waals surface area contributed by atoms with Crippen molar-refractivity contribution in [1.82, 2.24) is 8.15 Å². The zero-order valence-electron chi connectivity index (χ0n) is 46.9. The maximum atomic E-state index is 16.1. The third kappa shape index (κ3) is 13.2. The van der Waals surface area contributed by atoms with Crippen molar-refractivity contribution in [2.24, 2.45) is 5.41 Å². The summed E-state index contributed by atoms with van der Waals surface area (Å²) in [4.78, 5) is 0.121. The third-order valence-electron chi connectivity index (χ3n) is 15.0. The van der Waals surface area contributed by atoms with Gasteiger partial charge in [0.1, 0.15) is 23.0 Å². The van der Waals surface area contributed by atoms with Gasteiger partial charge in [-0.2, -0.15) is 0 Å². The van der Waals surface area contributed by atoms with E-state index in [1.807, 2.05) is 239 Å². The van der Waals surface area contributed by atoms with E-state index < -0.39 is 48.6 Å². The van der Waals surface area contributed by atoms with E-state index in [0.717, 1.165) is 55.6 Å². The van der Waals surface area contributed by atoms with Crippen molar-refractivity contribution in [3.63, 3.8) is 0 Å². The van der Waals surface area contributed by atoms with Gasteiger partial charge in [0, 0.05) is 34.8 Å². The standard InChI is InChI=1S/C70H64N2O8P2S2/c1-53-42-46-60(47-43-53)83(73,74)71(81(77-66-38-20-16-34-62(66)55-25-8-4-9-26-55)78-67-39-21-17-35-63(67)56-27-10-5-11-28-56)52-70(3)50-24-33-59(51-70)72(84(75,76)61-48-44-54(2)45-49-61)82(79-68-40-22-18-36-64(68)57-29-12-6-13-30-57)80-69-41-23-19-37-65(69)58-31-14-7-15-32-58/h4-23,25-32,34-49,59H,24,33,50-52H2,1-3H3. The lowest BCUT2D eigenvalue weighted by atomic mass is 9.74. The smallest absolute Gasteiger partial charge is 0.399 e. The van der Waals surface area contributed by atoms with Crippen molar-refractivity contribution in [2.45, 2.75) is 62.3 Å². The predicted molar refractivity (Wildman–Crippen MR) is 340 cm³/mol. The van der Waals surface area contributed by atoms with E-state index in [1.54, 1.807) is 48.5 Å². The van der Waals surface area contributed by atoms with Gasteiger partial charge in [0.25, 0.3) is 20.0 Å². The molecule has 0 radical (unpaired) electrons. The first kappa shape index (κ1) is 57.9. The number of sulfonamides is 2. The molecule has 0 aliphatic heterocycles. The number of hydrogen-bond acceptors (Lipinski definition) is 8. The van der Waals surface area contributed by atoms with E-state index in [1.165, 1.54) is 8.15 Å². The van der Waals surface area contributed by atoms with Gasteiger partial charge in [-0.1, -0.05) is 243 Å². The highest BCUT2D eigenvalue weighted by Gasteiger charge is 2.50. The molecule has 2 unspecified atom stereocenters. The van der Waals surface area contributed by atoms with Crippen LogP contribution in [0.15, 0.2) is 277 Å². The molecule has 1 aliphatic carbocycles. The highest BCUT2D eigenvalue weighted by molar-refractivity contribution is 7.94.